The molecule has 11 heavy (non-hydrogen) atoms. The minimum Gasteiger partial charge on any atom is -0.480 e. The van der Waals surface area contributed by atoms with E-state index in [9.17, 15) is 4.79 Å². The molecule has 1 unspecified atom stereocenters. The highest BCUT2D eigenvalue weighted by Gasteiger charge is 2.31. The van der Waals surface area contributed by atoms with Crippen molar-refractivity contribution in [2.75, 3.05) is 27.7 Å². The van der Waals surface area contributed by atoms with Crippen molar-refractivity contribution in [1.29, 1.82) is 0 Å². The van der Waals surface area contributed by atoms with Gasteiger partial charge in [-0.2, -0.15) is 0 Å². The van der Waals surface area contributed by atoms with Crippen LogP contribution in [-0.4, -0.2) is 49.2 Å². The van der Waals surface area contributed by atoms with E-state index in [2.05, 4.69) is 5.32 Å². The van der Waals surface area contributed by atoms with Crippen LogP contribution in [0.25, 0.3) is 0 Å². The van der Waals surface area contributed by atoms with Crippen molar-refractivity contribution < 1.29 is 9.90 Å². The Morgan fingerprint density at radius 1 is 1.64 bits per heavy atom. The van der Waals surface area contributed by atoms with Gasteiger partial charge in [0.05, 0.1) is 0 Å². The van der Waals surface area contributed by atoms with Crippen LogP contribution < -0.4 is 5.32 Å². The van der Waals surface area contributed by atoms with Crippen molar-refractivity contribution in [2.45, 2.75) is 12.5 Å². The highest BCUT2D eigenvalue weighted by Crippen LogP contribution is 2.03. The number of hydrogen-bond donors (Lipinski definition) is 2. The number of nitrogens with one attached hydrogen (secondary N) is 1. The minimum atomic E-state index is -0.844. The van der Waals surface area contributed by atoms with E-state index in [1.807, 2.05) is 19.0 Å². The Morgan fingerprint density at radius 2 is 2.09 bits per heavy atom. The van der Waals surface area contributed by atoms with E-state index in [4.69, 9.17) is 5.11 Å². The number of nitrogens with zero attached hydrogens (tertiary/aromatic N) is 1. The molecule has 0 bridgehead atoms. The maximum absolute atomic E-state index is 10.7. The van der Waals surface area contributed by atoms with Crippen molar-refractivity contribution in [2.24, 2.45) is 0 Å². The first kappa shape index (κ1) is 10.4. The van der Waals surface area contributed by atoms with Gasteiger partial charge in [0.1, 0.15) is 5.54 Å². The van der Waals surface area contributed by atoms with Gasteiger partial charge >= 0.3 is 5.97 Å². The second kappa shape index (κ2) is 3.69. The molecule has 4 nitrogen and oxygen atoms in total. The average molecular weight is 160 g/mol. The second-order valence-electron chi connectivity index (χ2n) is 3.13. The van der Waals surface area contributed by atoms with Gasteiger partial charge in [-0.15, -0.1) is 0 Å². The Hall–Kier alpha value is -0.610. The van der Waals surface area contributed by atoms with Gasteiger partial charge < -0.3 is 15.3 Å². The summed E-state index contributed by atoms with van der Waals surface area (Å²) in [6, 6.07) is 0. The van der Waals surface area contributed by atoms with Crippen LogP contribution in [-0.2, 0) is 4.79 Å². The zero-order chi connectivity index (χ0) is 9.07. The summed E-state index contributed by atoms with van der Waals surface area (Å²) in [5.41, 5.74) is -0.844. The zero-order valence-corrected chi connectivity index (χ0v) is 7.51. The minimum absolute atomic E-state index is 0.485. The zero-order valence-electron chi connectivity index (χ0n) is 7.51. The van der Waals surface area contributed by atoms with Gasteiger partial charge in [-0.05, 0) is 28.1 Å². The fourth-order valence-electron chi connectivity index (χ4n) is 0.886. The predicted octanol–water partition coefficient (Wildman–Crippen LogP) is -0.389. The lowest BCUT2D eigenvalue weighted by atomic mass is 10.0. The van der Waals surface area contributed by atoms with Crippen LogP contribution in [0.4, 0.5) is 0 Å². The molecule has 0 saturated heterocycles. The smallest absolute Gasteiger partial charge is 0.324 e. The topological polar surface area (TPSA) is 52.6 Å². The highest BCUT2D eigenvalue weighted by molar-refractivity contribution is 5.78. The summed E-state index contributed by atoms with van der Waals surface area (Å²) in [6.45, 7) is 2.15. The molecule has 0 heterocycles. The molecule has 0 amide bonds. The van der Waals surface area contributed by atoms with Crippen LogP contribution in [0.3, 0.4) is 0 Å². The summed E-state index contributed by atoms with van der Waals surface area (Å²) in [5, 5.41) is 11.6. The number of rotatable bonds is 4. The number of aliphatic carboxylic acids is 1. The van der Waals surface area contributed by atoms with Gasteiger partial charge in [0, 0.05) is 6.54 Å². The van der Waals surface area contributed by atoms with Crippen LogP contribution >= 0.6 is 0 Å². The first-order valence-corrected chi connectivity index (χ1v) is 3.49. The third-order valence-corrected chi connectivity index (χ3v) is 1.66. The number of carboxylic acid groups (broad SMARTS) is 1. The van der Waals surface area contributed by atoms with Gasteiger partial charge in [0.25, 0.3) is 0 Å². The average Bonchev–Trinajstić information content (AvgIpc) is 1.86. The lowest BCUT2D eigenvalue weighted by Gasteiger charge is -2.27. The monoisotopic (exact) mass is 160 g/mol. The van der Waals surface area contributed by atoms with Crippen molar-refractivity contribution >= 4 is 5.97 Å². The summed E-state index contributed by atoms with van der Waals surface area (Å²) in [5.74, 6) is -0.825. The maximum atomic E-state index is 10.7. The summed E-state index contributed by atoms with van der Waals surface area (Å²) in [4.78, 5) is 12.5. The molecule has 2 N–H and O–H groups in total. The van der Waals surface area contributed by atoms with Crippen LogP contribution in [0.5, 0.6) is 0 Å². The lowest BCUT2D eigenvalue weighted by Crippen LogP contribution is -2.54. The Bertz CT molecular complexity index is 147. The SMILES string of the molecule is CNC(C)(CN(C)C)C(=O)O. The Kier molecular flexibility index (Phi) is 3.48. The number of carboxylic acids is 1. The molecule has 0 aliphatic rings. The fourth-order valence-corrected chi connectivity index (χ4v) is 0.886. The summed E-state index contributed by atoms with van der Waals surface area (Å²) < 4.78 is 0. The van der Waals surface area contributed by atoms with Gasteiger partial charge in [-0.1, -0.05) is 0 Å². The molecule has 0 radical (unpaired) electrons. The van der Waals surface area contributed by atoms with Crippen molar-refractivity contribution in [1.82, 2.24) is 10.2 Å². The standard InChI is InChI=1S/C7H16N2O2/c1-7(8-2,6(10)11)5-9(3)4/h8H,5H2,1-4H3,(H,10,11). The fraction of sp³-hybridized carbons (Fsp3) is 0.857. The maximum Gasteiger partial charge on any atom is 0.324 e. The first-order chi connectivity index (χ1) is 4.92. The Labute approximate surface area is 67.2 Å². The lowest BCUT2D eigenvalue weighted by molar-refractivity contribution is -0.144. The molecular formula is C7H16N2O2. The normalized spacial score (nSPS) is 16.5. The molecular weight excluding hydrogens is 144 g/mol. The van der Waals surface area contributed by atoms with E-state index in [0.717, 1.165) is 0 Å². The van der Waals surface area contributed by atoms with Gasteiger partial charge in [0.2, 0.25) is 0 Å². The predicted molar refractivity (Wildman–Crippen MR) is 43.7 cm³/mol. The van der Waals surface area contributed by atoms with E-state index < -0.39 is 11.5 Å². The van der Waals surface area contributed by atoms with Crippen molar-refractivity contribution in [3.05, 3.63) is 0 Å². The Morgan fingerprint density at radius 3 is 2.18 bits per heavy atom. The summed E-state index contributed by atoms with van der Waals surface area (Å²) >= 11 is 0. The molecule has 0 aliphatic carbocycles. The van der Waals surface area contributed by atoms with E-state index in [1.165, 1.54) is 0 Å². The molecule has 0 aromatic carbocycles. The van der Waals surface area contributed by atoms with Crippen molar-refractivity contribution in [3.8, 4) is 0 Å². The van der Waals surface area contributed by atoms with Crippen LogP contribution in [0, 0.1) is 0 Å². The summed E-state index contributed by atoms with van der Waals surface area (Å²) in [7, 11) is 5.34. The number of carbonyl (C=O) groups is 1. The van der Waals surface area contributed by atoms with Crippen LogP contribution in [0.15, 0.2) is 0 Å². The van der Waals surface area contributed by atoms with Crippen molar-refractivity contribution in [3.63, 3.8) is 0 Å². The molecule has 1 atom stereocenters. The Balaban J connectivity index is 4.22. The van der Waals surface area contributed by atoms with E-state index >= 15 is 0 Å². The van der Waals surface area contributed by atoms with Crippen LogP contribution in [0.2, 0.25) is 0 Å². The van der Waals surface area contributed by atoms with Crippen LogP contribution in [0.1, 0.15) is 6.92 Å². The van der Waals surface area contributed by atoms with E-state index in [-0.39, 0.29) is 0 Å². The third kappa shape index (κ3) is 2.86. The van der Waals surface area contributed by atoms with Gasteiger partial charge in [-0.3, -0.25) is 4.79 Å². The number of likely N-dealkylation sites (N-methyl/N-ethyl adjacent to an activating group) is 2. The second-order valence-corrected chi connectivity index (χ2v) is 3.13. The van der Waals surface area contributed by atoms with Gasteiger partial charge in [-0.25, -0.2) is 0 Å². The third-order valence-electron chi connectivity index (χ3n) is 1.66. The molecule has 0 aromatic rings. The quantitative estimate of drug-likeness (QED) is 0.588. The molecule has 66 valence electrons. The largest absolute Gasteiger partial charge is 0.480 e. The molecule has 0 spiro atoms. The molecule has 0 aromatic heterocycles. The van der Waals surface area contributed by atoms with E-state index in [1.54, 1.807) is 14.0 Å². The molecule has 0 rings (SSSR count). The van der Waals surface area contributed by atoms with E-state index in [0.29, 0.717) is 6.54 Å². The molecule has 4 heteroatoms. The number of hydrogen-bond acceptors (Lipinski definition) is 3. The van der Waals surface area contributed by atoms with Gasteiger partial charge in [0.15, 0.2) is 0 Å². The molecule has 0 aliphatic heterocycles. The first-order valence-electron chi connectivity index (χ1n) is 3.49. The molecule has 0 fully saturated rings. The molecule has 0 saturated carbocycles. The summed E-state index contributed by atoms with van der Waals surface area (Å²) in [6.07, 6.45) is 0. The highest BCUT2D eigenvalue weighted by atomic mass is 16.4.